The summed E-state index contributed by atoms with van der Waals surface area (Å²) in [5.41, 5.74) is 1.04. The van der Waals surface area contributed by atoms with Crippen LogP contribution in [0.4, 0.5) is 5.69 Å². The molecule has 2 rings (SSSR count). The maximum absolute atomic E-state index is 11.8. The van der Waals surface area contributed by atoms with Crippen LogP contribution in [0.15, 0.2) is 29.8 Å². The summed E-state index contributed by atoms with van der Waals surface area (Å²) < 4.78 is 31.1. The lowest BCUT2D eigenvalue weighted by Crippen LogP contribution is -2.31. The van der Waals surface area contributed by atoms with Gasteiger partial charge in [0.25, 0.3) is 11.8 Å². The largest absolute Gasteiger partial charge is 0.359 e. The van der Waals surface area contributed by atoms with Gasteiger partial charge in [0, 0.05) is 16.8 Å². The zero-order valence-corrected chi connectivity index (χ0v) is 10.6. The van der Waals surface area contributed by atoms with E-state index in [4.69, 9.17) is 4.55 Å². The van der Waals surface area contributed by atoms with Crippen LogP contribution in [0.3, 0.4) is 0 Å². The average molecular weight is 282 g/mol. The van der Waals surface area contributed by atoms with E-state index in [0.717, 1.165) is 0 Å². The quantitative estimate of drug-likeness (QED) is 0.534. The average Bonchev–Trinajstić information content (AvgIpc) is 2.61. The summed E-state index contributed by atoms with van der Waals surface area (Å²) in [5.74, 6) is -1.55. The van der Waals surface area contributed by atoms with Crippen molar-refractivity contribution < 1.29 is 22.6 Å². The number of amides is 2. The minimum Gasteiger partial charge on any atom is -0.321 e. The van der Waals surface area contributed by atoms with Gasteiger partial charge in [0.05, 0.1) is 5.57 Å². The second kappa shape index (κ2) is 4.48. The van der Waals surface area contributed by atoms with E-state index in [1.807, 2.05) is 0 Å². The molecule has 1 aliphatic rings. The molecule has 100 valence electrons. The molecule has 0 fully saturated rings. The van der Waals surface area contributed by atoms with E-state index in [1.54, 1.807) is 24.3 Å². The van der Waals surface area contributed by atoms with Crippen molar-refractivity contribution >= 4 is 33.4 Å². The number of carbonyl (C=O) groups excluding carboxylic acids is 2. The molecule has 0 unspecified atom stereocenters. The first-order valence-electron chi connectivity index (χ1n) is 5.21. The molecule has 8 heteroatoms. The molecule has 0 aromatic heterocycles. The van der Waals surface area contributed by atoms with E-state index in [0.29, 0.717) is 11.3 Å². The molecule has 1 aromatic carbocycles. The van der Waals surface area contributed by atoms with Crippen LogP contribution in [0.25, 0.3) is 5.57 Å². The molecule has 0 aliphatic carbocycles. The van der Waals surface area contributed by atoms with Crippen LogP contribution < -0.4 is 10.0 Å². The number of anilines is 1. The zero-order chi connectivity index (χ0) is 14.2. The number of fused-ring (bicyclic) bond motifs is 1. The first kappa shape index (κ1) is 13.2. The van der Waals surface area contributed by atoms with Gasteiger partial charge < -0.3 is 5.32 Å². The second-order valence-electron chi connectivity index (χ2n) is 3.91. The van der Waals surface area contributed by atoms with E-state index in [2.05, 4.69) is 5.32 Å². The van der Waals surface area contributed by atoms with E-state index in [9.17, 15) is 18.0 Å². The Bertz CT molecular complexity index is 706. The number of nitrogens with one attached hydrogen (secondary N) is 2. The van der Waals surface area contributed by atoms with E-state index in [1.165, 1.54) is 11.6 Å². The maximum atomic E-state index is 11.8. The minimum absolute atomic E-state index is 0.0803. The normalized spacial score (nSPS) is 16.6. The fraction of sp³-hybridized carbons (Fsp3) is 0.0909. The van der Waals surface area contributed by atoms with Gasteiger partial charge in [0.1, 0.15) is 0 Å². The first-order valence-corrected chi connectivity index (χ1v) is 6.65. The van der Waals surface area contributed by atoms with Crippen LogP contribution >= 0.6 is 0 Å². The molecule has 1 aromatic rings. The van der Waals surface area contributed by atoms with E-state index < -0.39 is 22.1 Å². The number of hydrogen-bond acceptors (Lipinski definition) is 4. The topological polar surface area (TPSA) is 113 Å². The van der Waals surface area contributed by atoms with Gasteiger partial charge in [0.2, 0.25) is 0 Å². The summed E-state index contributed by atoms with van der Waals surface area (Å²) in [6.07, 6.45) is 0. The molecule has 3 N–H and O–H groups in total. The van der Waals surface area contributed by atoms with Crippen LogP contribution in [0.5, 0.6) is 0 Å². The first-order chi connectivity index (χ1) is 8.79. The van der Waals surface area contributed by atoms with Crippen molar-refractivity contribution in [3.05, 3.63) is 35.4 Å². The van der Waals surface area contributed by atoms with Gasteiger partial charge >= 0.3 is 10.3 Å². The Kier molecular flexibility index (Phi) is 3.13. The molecule has 2 amide bonds. The number of benzene rings is 1. The molecule has 0 atom stereocenters. The minimum atomic E-state index is -4.66. The van der Waals surface area contributed by atoms with E-state index in [-0.39, 0.29) is 11.1 Å². The summed E-state index contributed by atoms with van der Waals surface area (Å²) >= 11 is 0. The van der Waals surface area contributed by atoms with Crippen molar-refractivity contribution in [2.45, 2.75) is 6.92 Å². The predicted molar refractivity (Wildman–Crippen MR) is 67.4 cm³/mol. The highest BCUT2D eigenvalue weighted by molar-refractivity contribution is 7.84. The summed E-state index contributed by atoms with van der Waals surface area (Å²) in [5, 5.41) is 2.56. The van der Waals surface area contributed by atoms with Gasteiger partial charge in [-0.15, -0.1) is 0 Å². The van der Waals surface area contributed by atoms with E-state index >= 15 is 0 Å². The molecule has 0 bridgehead atoms. The standard InChI is InChI=1S/C11H10N2O5S/c1-6(10(14)13-19(16,17)18)9-7-4-2-3-5-8(7)12-11(9)15/h2-5H,1H3,(H,12,15)(H,13,14)(H,16,17,18)/b9-6-. The van der Waals surface area contributed by atoms with Gasteiger partial charge in [-0.2, -0.15) is 8.42 Å². The van der Waals surface area contributed by atoms with Gasteiger partial charge in [-0.1, -0.05) is 18.2 Å². The molecule has 7 nitrogen and oxygen atoms in total. The smallest absolute Gasteiger partial charge is 0.321 e. The third kappa shape index (κ3) is 2.64. The number of para-hydroxylation sites is 1. The van der Waals surface area contributed by atoms with Gasteiger partial charge in [-0.3, -0.25) is 14.1 Å². The van der Waals surface area contributed by atoms with Crippen LogP contribution in [-0.2, 0) is 19.9 Å². The molecule has 1 aliphatic heterocycles. The van der Waals surface area contributed by atoms with Crippen molar-refractivity contribution in [1.29, 1.82) is 0 Å². The number of hydrogen-bond donors (Lipinski definition) is 3. The Morgan fingerprint density at radius 1 is 1.32 bits per heavy atom. The highest BCUT2D eigenvalue weighted by atomic mass is 32.2. The lowest BCUT2D eigenvalue weighted by Gasteiger charge is -2.05. The molecule has 0 spiro atoms. The SMILES string of the molecule is C/C(C(=O)NS(=O)(=O)O)=C1/C(=O)Nc2ccccc21. The third-order valence-electron chi connectivity index (χ3n) is 2.61. The predicted octanol–water partition coefficient (Wildman–Crippen LogP) is 0.331. The van der Waals surface area contributed by atoms with Crippen molar-refractivity contribution in [2.24, 2.45) is 0 Å². The molecule has 1 heterocycles. The van der Waals surface area contributed by atoms with Crippen LogP contribution in [-0.4, -0.2) is 24.8 Å². The summed E-state index contributed by atoms with van der Waals surface area (Å²) in [6, 6.07) is 6.70. The summed E-state index contributed by atoms with van der Waals surface area (Å²) in [6.45, 7) is 1.30. The lowest BCUT2D eigenvalue weighted by molar-refractivity contribution is -0.116. The van der Waals surface area contributed by atoms with Crippen LogP contribution in [0, 0.1) is 0 Å². The summed E-state index contributed by atoms with van der Waals surface area (Å²) in [4.78, 5) is 23.4. The monoisotopic (exact) mass is 282 g/mol. The maximum Gasteiger partial charge on any atom is 0.359 e. The molecule has 0 saturated heterocycles. The highest BCUT2D eigenvalue weighted by Gasteiger charge is 2.28. The summed E-state index contributed by atoms with van der Waals surface area (Å²) in [7, 11) is -4.66. The highest BCUT2D eigenvalue weighted by Crippen LogP contribution is 2.33. The fourth-order valence-electron chi connectivity index (χ4n) is 1.80. The number of carbonyl (C=O) groups is 2. The third-order valence-corrected chi connectivity index (χ3v) is 3.05. The van der Waals surface area contributed by atoms with Crippen molar-refractivity contribution in [3.63, 3.8) is 0 Å². The Balaban J connectivity index is 2.48. The molecule has 19 heavy (non-hydrogen) atoms. The van der Waals surface area contributed by atoms with Gasteiger partial charge in [-0.25, -0.2) is 4.72 Å². The van der Waals surface area contributed by atoms with Gasteiger partial charge in [-0.05, 0) is 13.0 Å². The Morgan fingerprint density at radius 2 is 1.95 bits per heavy atom. The number of rotatable bonds is 2. The van der Waals surface area contributed by atoms with Crippen LogP contribution in [0.1, 0.15) is 12.5 Å². The van der Waals surface area contributed by atoms with Gasteiger partial charge in [0.15, 0.2) is 0 Å². The Hall–Kier alpha value is -2.19. The second-order valence-corrected chi connectivity index (χ2v) is 5.06. The Morgan fingerprint density at radius 3 is 2.58 bits per heavy atom. The molecule has 0 saturated carbocycles. The molecule has 0 radical (unpaired) electrons. The lowest BCUT2D eigenvalue weighted by atomic mass is 10.0. The molecular formula is C11H10N2O5S. The fourth-order valence-corrected chi connectivity index (χ4v) is 2.18. The Labute approximate surface area is 109 Å². The van der Waals surface area contributed by atoms with Crippen molar-refractivity contribution in [2.75, 3.05) is 5.32 Å². The van der Waals surface area contributed by atoms with Crippen LogP contribution in [0.2, 0.25) is 0 Å². The zero-order valence-electron chi connectivity index (χ0n) is 9.80. The molecular weight excluding hydrogens is 272 g/mol. The van der Waals surface area contributed by atoms with Crippen molar-refractivity contribution in [3.8, 4) is 0 Å². The van der Waals surface area contributed by atoms with Crippen molar-refractivity contribution in [1.82, 2.24) is 4.72 Å².